The molecule has 6 heteroatoms. The minimum Gasteiger partial charge on any atom is -0.454 e. The van der Waals surface area contributed by atoms with Gasteiger partial charge in [0, 0.05) is 54.3 Å². The van der Waals surface area contributed by atoms with Crippen LogP contribution in [-0.2, 0) is 0 Å². The second-order valence-corrected chi connectivity index (χ2v) is 16.4. The summed E-state index contributed by atoms with van der Waals surface area (Å²) in [5.74, 6) is 0.601. The highest BCUT2D eigenvalue weighted by atomic mass is 32.1. The van der Waals surface area contributed by atoms with Crippen LogP contribution in [0.25, 0.3) is 103 Å². The first-order chi connectivity index (χ1) is 29.8. The summed E-state index contributed by atoms with van der Waals surface area (Å²) < 4.78 is 11.5. The van der Waals surface area contributed by atoms with Crippen molar-refractivity contribution in [1.82, 2.24) is 14.5 Å². The Kier molecular flexibility index (Phi) is 7.11. The number of furan rings is 1. The third-order valence-electron chi connectivity index (χ3n) is 11.9. The van der Waals surface area contributed by atoms with E-state index in [1.165, 1.54) is 15.5 Å². The number of rotatable bonds is 5. The van der Waals surface area contributed by atoms with E-state index in [0.29, 0.717) is 5.95 Å². The standard InChI is InChI=1S/C54H32N4OS/c1-3-16-34(17-4-1)49-53-50(42-24-12-14-26-46(42)60-53)56-54(55-49)58-44-30-29-38(57(36-19-5-2-6-20-36)37-28-27-33-15-7-8-18-35(33)31-37)32-43(44)47-39-21-9-10-22-40(39)48-41-23-11-13-25-45(41)59-52(48)51(47)58/h1-32H. The molecule has 4 heterocycles. The van der Waals surface area contributed by atoms with Crippen LogP contribution >= 0.6 is 11.3 Å². The molecule has 0 aliphatic rings. The van der Waals surface area contributed by atoms with Crippen molar-refractivity contribution in [2.75, 3.05) is 4.90 Å². The molecule has 0 amide bonds. The number of hydrogen-bond donors (Lipinski definition) is 0. The quantitative estimate of drug-likeness (QED) is 0.174. The largest absolute Gasteiger partial charge is 0.454 e. The first-order valence-electron chi connectivity index (χ1n) is 20.2. The number of fused-ring (bicyclic) bond motifs is 14. The van der Waals surface area contributed by atoms with E-state index in [2.05, 4.69) is 198 Å². The number of aromatic nitrogens is 3. The number of anilines is 3. The second kappa shape index (κ2) is 12.9. The molecule has 0 unspecified atom stereocenters. The third-order valence-corrected chi connectivity index (χ3v) is 13.1. The van der Waals surface area contributed by atoms with Gasteiger partial charge in [0.25, 0.3) is 0 Å². The molecule has 0 fully saturated rings. The van der Waals surface area contributed by atoms with Crippen molar-refractivity contribution in [3.05, 3.63) is 194 Å². The van der Waals surface area contributed by atoms with Gasteiger partial charge in [-0.25, -0.2) is 9.97 Å². The number of hydrogen-bond acceptors (Lipinski definition) is 5. The molecule has 5 nitrogen and oxygen atoms in total. The van der Waals surface area contributed by atoms with Gasteiger partial charge >= 0.3 is 0 Å². The van der Waals surface area contributed by atoms with Gasteiger partial charge in [0.15, 0.2) is 5.58 Å². The first-order valence-corrected chi connectivity index (χ1v) is 21.0. The molecule has 13 aromatic rings. The van der Waals surface area contributed by atoms with E-state index < -0.39 is 0 Å². The summed E-state index contributed by atoms with van der Waals surface area (Å²) in [5.41, 5.74) is 9.71. The van der Waals surface area contributed by atoms with Crippen LogP contribution in [0.15, 0.2) is 199 Å². The Hall–Kier alpha value is -7.80. The van der Waals surface area contributed by atoms with E-state index >= 15 is 0 Å². The molecule has 60 heavy (non-hydrogen) atoms. The Bertz CT molecular complexity index is 3850. The summed E-state index contributed by atoms with van der Waals surface area (Å²) in [5, 5.41) is 10.2. The molecule has 0 radical (unpaired) electrons. The van der Waals surface area contributed by atoms with Crippen molar-refractivity contribution < 1.29 is 4.42 Å². The number of nitrogens with zero attached hydrogens (tertiary/aromatic N) is 4. The van der Waals surface area contributed by atoms with Gasteiger partial charge in [-0.1, -0.05) is 140 Å². The van der Waals surface area contributed by atoms with E-state index in [9.17, 15) is 0 Å². The molecule has 0 aliphatic heterocycles. The normalized spacial score (nSPS) is 12.0. The summed E-state index contributed by atoms with van der Waals surface area (Å²) in [6.07, 6.45) is 0. The molecule has 0 saturated carbocycles. The van der Waals surface area contributed by atoms with Crippen molar-refractivity contribution in [2.24, 2.45) is 0 Å². The molecule has 0 bridgehead atoms. The predicted molar refractivity (Wildman–Crippen MR) is 252 cm³/mol. The molecule has 9 aromatic carbocycles. The Morgan fingerprint density at radius 1 is 0.483 bits per heavy atom. The molecule has 0 N–H and O–H groups in total. The fourth-order valence-electron chi connectivity index (χ4n) is 9.32. The predicted octanol–water partition coefficient (Wildman–Crippen LogP) is 15.3. The molecule has 13 rings (SSSR count). The van der Waals surface area contributed by atoms with Crippen molar-refractivity contribution in [1.29, 1.82) is 0 Å². The second-order valence-electron chi connectivity index (χ2n) is 15.3. The van der Waals surface area contributed by atoms with Gasteiger partial charge in [-0.2, -0.15) is 0 Å². The van der Waals surface area contributed by atoms with Crippen LogP contribution in [0.4, 0.5) is 17.1 Å². The highest BCUT2D eigenvalue weighted by Gasteiger charge is 2.26. The molecule has 0 spiro atoms. The Morgan fingerprint density at radius 2 is 1.13 bits per heavy atom. The minimum absolute atomic E-state index is 0.601. The molecular weight excluding hydrogens is 753 g/mol. The van der Waals surface area contributed by atoms with Crippen molar-refractivity contribution in [3.63, 3.8) is 0 Å². The highest BCUT2D eigenvalue weighted by Crippen LogP contribution is 2.48. The highest BCUT2D eigenvalue weighted by molar-refractivity contribution is 7.26. The zero-order valence-corrected chi connectivity index (χ0v) is 32.9. The van der Waals surface area contributed by atoms with E-state index in [1.54, 1.807) is 11.3 Å². The number of thiophene rings is 1. The van der Waals surface area contributed by atoms with Gasteiger partial charge in [-0.15, -0.1) is 11.3 Å². The lowest BCUT2D eigenvalue weighted by molar-refractivity contribution is 0.671. The summed E-state index contributed by atoms with van der Waals surface area (Å²) in [6, 6.07) is 68.8. The molecule has 0 aliphatic carbocycles. The van der Waals surface area contributed by atoms with Crippen LogP contribution in [0.3, 0.4) is 0 Å². The first kappa shape index (κ1) is 33.2. The average molecular weight is 785 g/mol. The van der Waals surface area contributed by atoms with Gasteiger partial charge in [-0.3, -0.25) is 4.57 Å². The SMILES string of the molecule is c1ccc(-c2nc(-n3c4ccc(N(c5ccccc5)c5ccc6ccccc6c5)cc4c4c5ccccc5c5c6ccccc6oc5c43)nc3c2sc2ccccc23)cc1. The van der Waals surface area contributed by atoms with E-state index in [-0.39, 0.29) is 0 Å². The van der Waals surface area contributed by atoms with E-state index in [1.807, 2.05) is 6.07 Å². The van der Waals surface area contributed by atoms with Gasteiger partial charge in [0.2, 0.25) is 5.95 Å². The lowest BCUT2D eigenvalue weighted by atomic mass is 9.98. The van der Waals surface area contributed by atoms with Crippen LogP contribution < -0.4 is 4.90 Å². The summed E-state index contributed by atoms with van der Waals surface area (Å²) in [4.78, 5) is 13.4. The maximum absolute atomic E-state index is 7.00. The maximum atomic E-state index is 7.00. The Labute approximate surface area is 347 Å². The van der Waals surface area contributed by atoms with E-state index in [4.69, 9.17) is 14.4 Å². The van der Waals surface area contributed by atoms with Crippen LogP contribution in [0, 0.1) is 0 Å². The van der Waals surface area contributed by atoms with Crippen LogP contribution in [0.2, 0.25) is 0 Å². The third kappa shape index (κ3) is 4.86. The summed E-state index contributed by atoms with van der Waals surface area (Å²) >= 11 is 1.75. The van der Waals surface area contributed by atoms with Crippen LogP contribution in [-0.4, -0.2) is 14.5 Å². The van der Waals surface area contributed by atoms with Crippen molar-refractivity contribution in [3.8, 4) is 17.2 Å². The lowest BCUT2D eigenvalue weighted by Crippen LogP contribution is -2.09. The topological polar surface area (TPSA) is 47.1 Å². The molecule has 280 valence electrons. The van der Waals surface area contributed by atoms with Crippen molar-refractivity contribution >= 4 is 114 Å². The molecule has 0 saturated heterocycles. The fraction of sp³-hybridized carbons (Fsp3) is 0. The van der Waals surface area contributed by atoms with Crippen LogP contribution in [0.1, 0.15) is 0 Å². The van der Waals surface area contributed by atoms with Gasteiger partial charge in [0.1, 0.15) is 11.1 Å². The van der Waals surface area contributed by atoms with E-state index in [0.717, 1.165) is 98.4 Å². The smallest absolute Gasteiger partial charge is 0.236 e. The van der Waals surface area contributed by atoms with Crippen molar-refractivity contribution in [2.45, 2.75) is 0 Å². The summed E-state index contributed by atoms with van der Waals surface area (Å²) in [7, 11) is 0. The Morgan fingerprint density at radius 3 is 1.97 bits per heavy atom. The lowest BCUT2D eigenvalue weighted by Gasteiger charge is -2.26. The average Bonchev–Trinajstić information content (AvgIpc) is 4.00. The molecule has 4 aromatic heterocycles. The zero-order valence-electron chi connectivity index (χ0n) is 32.1. The molecule has 0 atom stereocenters. The number of benzene rings is 9. The Balaban J connectivity index is 1.19. The zero-order chi connectivity index (χ0) is 39.3. The maximum Gasteiger partial charge on any atom is 0.236 e. The summed E-state index contributed by atoms with van der Waals surface area (Å²) in [6.45, 7) is 0. The molecular formula is C54H32N4OS. The minimum atomic E-state index is 0.601. The van der Waals surface area contributed by atoms with Crippen LogP contribution in [0.5, 0.6) is 0 Å². The van der Waals surface area contributed by atoms with Gasteiger partial charge < -0.3 is 9.32 Å². The van der Waals surface area contributed by atoms with Gasteiger partial charge in [-0.05, 0) is 76.1 Å². The van der Waals surface area contributed by atoms with Gasteiger partial charge in [0.05, 0.1) is 21.4 Å². The number of para-hydroxylation sites is 2. The monoisotopic (exact) mass is 784 g/mol. The fourth-order valence-corrected chi connectivity index (χ4v) is 10.5.